The number of carbonyl (C=O) groups excluding carboxylic acids is 1. The predicted molar refractivity (Wildman–Crippen MR) is 57.5 cm³/mol. The molecule has 0 saturated carbocycles. The Hall–Kier alpha value is -1.66. The van der Waals surface area contributed by atoms with Crippen LogP contribution >= 0.6 is 0 Å². The van der Waals surface area contributed by atoms with Crippen molar-refractivity contribution in [1.82, 2.24) is 0 Å². The molecule has 2 nitrogen and oxygen atoms in total. The smallest absolute Gasteiger partial charge is 0.420 e. The van der Waals surface area contributed by atoms with Crippen molar-refractivity contribution < 1.29 is 31.5 Å². The molecule has 0 saturated heterocycles. The third-order valence-corrected chi connectivity index (χ3v) is 2.45. The summed E-state index contributed by atoms with van der Waals surface area (Å²) >= 11 is 0. The zero-order valence-corrected chi connectivity index (χ0v) is 10.1. The Morgan fingerprint density at radius 3 is 2.26 bits per heavy atom. The van der Waals surface area contributed by atoms with Gasteiger partial charge in [-0.05, 0) is 31.0 Å². The first-order valence-corrected chi connectivity index (χ1v) is 5.36. The molecule has 0 aliphatic heterocycles. The van der Waals surface area contributed by atoms with Crippen LogP contribution in [0, 0.1) is 0 Å². The van der Waals surface area contributed by atoms with Crippen LogP contribution in [0.4, 0.5) is 22.0 Å². The minimum Gasteiger partial charge on any atom is -0.433 e. The number of hydrogen-bond acceptors (Lipinski definition) is 2. The first-order chi connectivity index (χ1) is 8.66. The second-order valence-corrected chi connectivity index (χ2v) is 3.81. The Labute approximate surface area is 106 Å². The van der Waals surface area contributed by atoms with E-state index in [2.05, 4.69) is 4.74 Å². The molecule has 0 N–H and O–H groups in total. The molecule has 19 heavy (non-hydrogen) atoms. The van der Waals surface area contributed by atoms with Gasteiger partial charge in [-0.3, -0.25) is 4.79 Å². The molecule has 0 atom stereocenters. The van der Waals surface area contributed by atoms with Gasteiger partial charge in [0.1, 0.15) is 5.75 Å². The van der Waals surface area contributed by atoms with Crippen molar-refractivity contribution in [2.45, 2.75) is 33.1 Å². The molecule has 0 fully saturated rings. The largest absolute Gasteiger partial charge is 0.433 e. The van der Waals surface area contributed by atoms with E-state index >= 15 is 0 Å². The summed E-state index contributed by atoms with van der Waals surface area (Å²) < 4.78 is 66.8. The highest BCUT2D eigenvalue weighted by Crippen LogP contribution is 2.40. The van der Waals surface area contributed by atoms with Crippen LogP contribution in [0.5, 0.6) is 5.75 Å². The normalized spacial score (nSPS) is 11.8. The van der Waals surface area contributed by atoms with Crippen LogP contribution in [0.3, 0.4) is 0 Å². The summed E-state index contributed by atoms with van der Waals surface area (Å²) in [5.74, 6) is -1.89. The number of ketones is 1. The highest BCUT2D eigenvalue weighted by molar-refractivity contribution is 5.97. The van der Waals surface area contributed by atoms with Gasteiger partial charge in [-0.1, -0.05) is 6.92 Å². The van der Waals surface area contributed by atoms with Gasteiger partial charge in [0.05, 0.1) is 11.1 Å². The zero-order chi connectivity index (χ0) is 14.8. The monoisotopic (exact) mass is 282 g/mol. The molecule has 1 aromatic rings. The first-order valence-electron chi connectivity index (χ1n) is 5.36. The summed E-state index contributed by atoms with van der Waals surface area (Å²) in [5, 5.41) is 0. The van der Waals surface area contributed by atoms with Crippen molar-refractivity contribution in [3.8, 4) is 5.75 Å². The van der Waals surface area contributed by atoms with Crippen molar-refractivity contribution in [1.29, 1.82) is 0 Å². The summed E-state index contributed by atoms with van der Waals surface area (Å²) in [6.07, 6.45) is -4.64. The Kier molecular flexibility index (Phi) is 4.49. The molecule has 0 aliphatic rings. The quantitative estimate of drug-likeness (QED) is 0.614. The van der Waals surface area contributed by atoms with E-state index in [1.54, 1.807) is 6.92 Å². The van der Waals surface area contributed by atoms with Gasteiger partial charge in [-0.25, -0.2) is 0 Å². The number of aryl methyl sites for hydroxylation is 1. The van der Waals surface area contributed by atoms with Crippen LogP contribution in [0.25, 0.3) is 0 Å². The molecule has 0 heterocycles. The molecule has 7 heteroatoms. The van der Waals surface area contributed by atoms with Crippen LogP contribution in [-0.4, -0.2) is 12.4 Å². The SMILES string of the molecule is CCc1cc(C(C)=O)c(OC(F)F)c(C(F)(F)F)c1. The van der Waals surface area contributed by atoms with E-state index in [0.717, 1.165) is 13.0 Å². The van der Waals surface area contributed by atoms with Gasteiger partial charge in [0.2, 0.25) is 0 Å². The van der Waals surface area contributed by atoms with Gasteiger partial charge in [0, 0.05) is 0 Å². The highest BCUT2D eigenvalue weighted by atomic mass is 19.4. The van der Waals surface area contributed by atoms with Gasteiger partial charge in [0.15, 0.2) is 5.78 Å². The van der Waals surface area contributed by atoms with Gasteiger partial charge < -0.3 is 4.74 Å². The Bertz CT molecular complexity index is 480. The van der Waals surface area contributed by atoms with Crippen molar-refractivity contribution in [3.63, 3.8) is 0 Å². The van der Waals surface area contributed by atoms with E-state index < -0.39 is 35.4 Å². The number of carbonyl (C=O) groups is 1. The average molecular weight is 282 g/mol. The van der Waals surface area contributed by atoms with E-state index in [1.165, 1.54) is 0 Å². The van der Waals surface area contributed by atoms with E-state index in [-0.39, 0.29) is 12.0 Å². The van der Waals surface area contributed by atoms with Crippen LogP contribution in [0.15, 0.2) is 12.1 Å². The molecular weight excluding hydrogens is 271 g/mol. The minimum absolute atomic E-state index is 0.221. The lowest BCUT2D eigenvalue weighted by atomic mass is 10.00. The molecule has 1 aromatic carbocycles. The summed E-state index contributed by atoms with van der Waals surface area (Å²) in [5.41, 5.74) is -1.64. The average Bonchev–Trinajstić information content (AvgIpc) is 2.26. The molecule has 0 spiro atoms. The number of rotatable bonds is 4. The lowest BCUT2D eigenvalue weighted by Gasteiger charge is -2.17. The van der Waals surface area contributed by atoms with Crippen molar-refractivity contribution in [2.75, 3.05) is 0 Å². The van der Waals surface area contributed by atoms with Gasteiger partial charge >= 0.3 is 12.8 Å². The predicted octanol–water partition coefficient (Wildman–Crippen LogP) is 4.07. The van der Waals surface area contributed by atoms with Crippen molar-refractivity contribution in [2.24, 2.45) is 0 Å². The first kappa shape index (κ1) is 15.4. The summed E-state index contributed by atoms with van der Waals surface area (Å²) in [6, 6.07) is 1.85. The molecule has 0 unspecified atom stereocenters. The lowest BCUT2D eigenvalue weighted by molar-refractivity contribution is -0.141. The molecule has 106 valence electrons. The molecule has 0 aliphatic carbocycles. The minimum atomic E-state index is -4.88. The maximum Gasteiger partial charge on any atom is 0.420 e. The number of alkyl halides is 5. The van der Waals surface area contributed by atoms with E-state index in [4.69, 9.17) is 0 Å². The topological polar surface area (TPSA) is 26.3 Å². The number of halogens is 5. The number of benzene rings is 1. The summed E-state index contributed by atoms with van der Waals surface area (Å²) in [6.45, 7) is -0.855. The fourth-order valence-corrected chi connectivity index (χ4v) is 1.58. The molecule has 1 rings (SSSR count). The Morgan fingerprint density at radius 2 is 1.89 bits per heavy atom. The van der Waals surface area contributed by atoms with Crippen LogP contribution in [0.1, 0.15) is 35.3 Å². The van der Waals surface area contributed by atoms with Gasteiger partial charge in [0.25, 0.3) is 0 Å². The summed E-state index contributed by atoms with van der Waals surface area (Å²) in [4.78, 5) is 11.3. The van der Waals surface area contributed by atoms with E-state index in [9.17, 15) is 26.7 Å². The van der Waals surface area contributed by atoms with E-state index in [1.807, 2.05) is 0 Å². The van der Waals surface area contributed by atoms with Crippen LogP contribution in [-0.2, 0) is 12.6 Å². The van der Waals surface area contributed by atoms with Gasteiger partial charge in [-0.15, -0.1) is 0 Å². The van der Waals surface area contributed by atoms with E-state index in [0.29, 0.717) is 6.07 Å². The zero-order valence-electron chi connectivity index (χ0n) is 10.1. The molecule has 0 aromatic heterocycles. The third kappa shape index (κ3) is 3.65. The lowest BCUT2D eigenvalue weighted by Crippen LogP contribution is -2.15. The van der Waals surface area contributed by atoms with Crippen molar-refractivity contribution in [3.05, 3.63) is 28.8 Å². The standard InChI is InChI=1S/C12H11F5O2/c1-3-7-4-8(6(2)18)10(19-11(13)14)9(5-7)12(15,16)17/h4-5,11H,3H2,1-2H3. The fraction of sp³-hybridized carbons (Fsp3) is 0.417. The third-order valence-electron chi connectivity index (χ3n) is 2.45. The molecule has 0 radical (unpaired) electrons. The number of hydrogen-bond donors (Lipinski definition) is 0. The number of Topliss-reactive ketones (excluding diaryl/α,β-unsaturated/α-hetero) is 1. The van der Waals surface area contributed by atoms with Gasteiger partial charge in [-0.2, -0.15) is 22.0 Å². The Balaban J connectivity index is 3.56. The highest BCUT2D eigenvalue weighted by Gasteiger charge is 2.37. The van der Waals surface area contributed by atoms with Crippen molar-refractivity contribution >= 4 is 5.78 Å². The van der Waals surface area contributed by atoms with Crippen LogP contribution < -0.4 is 4.74 Å². The molecular formula is C12H11F5O2. The maximum atomic E-state index is 12.8. The second kappa shape index (κ2) is 5.54. The summed E-state index contributed by atoms with van der Waals surface area (Å²) in [7, 11) is 0. The van der Waals surface area contributed by atoms with Crippen LogP contribution in [0.2, 0.25) is 0 Å². The molecule has 0 amide bonds. The number of ether oxygens (including phenoxy) is 1. The maximum absolute atomic E-state index is 12.8. The second-order valence-electron chi connectivity index (χ2n) is 3.81. The fourth-order valence-electron chi connectivity index (χ4n) is 1.58. The Morgan fingerprint density at radius 1 is 1.32 bits per heavy atom. The molecule has 0 bridgehead atoms.